The van der Waals surface area contributed by atoms with E-state index in [9.17, 15) is 9.59 Å². The van der Waals surface area contributed by atoms with Crippen molar-refractivity contribution in [1.82, 2.24) is 9.80 Å². The normalized spacial score (nSPS) is 15.5. The van der Waals surface area contributed by atoms with E-state index in [2.05, 4.69) is 0 Å². The standard InChI is InChI=1S/C20H24N2O4/c1-13(9-20(24)22-7-5-21(6-8-22)15(3)23)16-10-17-14(2)12-26-19(17)11-18(16)25-4/h9-12H,5-8H2,1-4H3/b13-9+. The highest BCUT2D eigenvalue weighted by Crippen LogP contribution is 2.33. The molecular weight excluding hydrogens is 332 g/mol. The number of carbonyl (C=O) groups excluding carboxylic acids is 2. The molecule has 1 aromatic carbocycles. The minimum absolute atomic E-state index is 0.0447. The molecule has 0 bridgehead atoms. The number of hydrogen-bond donors (Lipinski definition) is 0. The number of hydrogen-bond acceptors (Lipinski definition) is 4. The zero-order chi connectivity index (χ0) is 18.8. The van der Waals surface area contributed by atoms with Gasteiger partial charge in [0.25, 0.3) is 0 Å². The van der Waals surface area contributed by atoms with Crippen LogP contribution in [0.2, 0.25) is 0 Å². The number of amides is 2. The van der Waals surface area contributed by atoms with Crippen molar-refractivity contribution >= 4 is 28.4 Å². The number of furan rings is 1. The van der Waals surface area contributed by atoms with Crippen LogP contribution in [0.5, 0.6) is 5.75 Å². The molecule has 2 heterocycles. The third-order valence-electron chi connectivity index (χ3n) is 4.89. The van der Waals surface area contributed by atoms with E-state index in [1.165, 1.54) is 0 Å². The molecule has 1 aliphatic heterocycles. The first-order valence-corrected chi connectivity index (χ1v) is 8.69. The Morgan fingerprint density at radius 1 is 1.12 bits per heavy atom. The molecule has 1 aliphatic rings. The number of carbonyl (C=O) groups is 2. The van der Waals surface area contributed by atoms with Crippen LogP contribution in [0.3, 0.4) is 0 Å². The number of methoxy groups -OCH3 is 1. The Morgan fingerprint density at radius 2 is 1.77 bits per heavy atom. The average molecular weight is 356 g/mol. The van der Waals surface area contributed by atoms with E-state index in [0.717, 1.165) is 27.7 Å². The fraction of sp³-hybridized carbons (Fsp3) is 0.400. The van der Waals surface area contributed by atoms with Crippen molar-refractivity contribution in [2.75, 3.05) is 33.3 Å². The maximum absolute atomic E-state index is 12.6. The summed E-state index contributed by atoms with van der Waals surface area (Å²) in [6, 6.07) is 3.85. The van der Waals surface area contributed by atoms with E-state index in [4.69, 9.17) is 9.15 Å². The predicted molar refractivity (Wildman–Crippen MR) is 100.0 cm³/mol. The van der Waals surface area contributed by atoms with Gasteiger partial charge in [0.15, 0.2) is 0 Å². The molecule has 2 aromatic rings. The molecular formula is C20H24N2O4. The smallest absolute Gasteiger partial charge is 0.246 e. The highest BCUT2D eigenvalue weighted by atomic mass is 16.5. The van der Waals surface area contributed by atoms with Crippen molar-refractivity contribution in [2.45, 2.75) is 20.8 Å². The van der Waals surface area contributed by atoms with Gasteiger partial charge in [-0.1, -0.05) is 0 Å². The highest BCUT2D eigenvalue weighted by Gasteiger charge is 2.21. The summed E-state index contributed by atoms with van der Waals surface area (Å²) in [5, 5.41) is 1.01. The molecule has 3 rings (SSSR count). The molecule has 0 unspecified atom stereocenters. The Kier molecular flexibility index (Phi) is 5.02. The lowest BCUT2D eigenvalue weighted by molar-refractivity contribution is -0.135. The monoisotopic (exact) mass is 356 g/mol. The fourth-order valence-corrected chi connectivity index (χ4v) is 3.26. The van der Waals surface area contributed by atoms with Crippen LogP contribution in [0.25, 0.3) is 16.5 Å². The summed E-state index contributed by atoms with van der Waals surface area (Å²) in [6.45, 7) is 7.72. The van der Waals surface area contributed by atoms with Gasteiger partial charge in [-0.25, -0.2) is 0 Å². The first-order chi connectivity index (χ1) is 12.4. The lowest BCUT2D eigenvalue weighted by Gasteiger charge is -2.33. The predicted octanol–water partition coefficient (Wildman–Crippen LogP) is 2.84. The molecule has 1 aromatic heterocycles. The Hall–Kier alpha value is -2.76. The fourth-order valence-electron chi connectivity index (χ4n) is 3.26. The van der Waals surface area contributed by atoms with Crippen molar-refractivity contribution < 1.29 is 18.7 Å². The number of benzene rings is 1. The van der Waals surface area contributed by atoms with Gasteiger partial charge in [0.05, 0.1) is 13.4 Å². The van der Waals surface area contributed by atoms with E-state index >= 15 is 0 Å². The summed E-state index contributed by atoms with van der Waals surface area (Å²) in [6.07, 6.45) is 3.36. The summed E-state index contributed by atoms with van der Waals surface area (Å²) >= 11 is 0. The molecule has 0 aliphatic carbocycles. The van der Waals surface area contributed by atoms with Gasteiger partial charge in [-0.15, -0.1) is 0 Å². The minimum Gasteiger partial charge on any atom is -0.496 e. The van der Waals surface area contributed by atoms with Gasteiger partial charge in [-0.3, -0.25) is 9.59 Å². The van der Waals surface area contributed by atoms with Crippen molar-refractivity contribution in [2.24, 2.45) is 0 Å². The van der Waals surface area contributed by atoms with Crippen molar-refractivity contribution in [3.63, 3.8) is 0 Å². The SMILES string of the molecule is COc1cc2occ(C)c2cc1/C(C)=C/C(=O)N1CCN(C(C)=O)CC1. The summed E-state index contributed by atoms with van der Waals surface area (Å²) in [7, 11) is 1.61. The van der Waals surface area contributed by atoms with Crippen LogP contribution >= 0.6 is 0 Å². The lowest BCUT2D eigenvalue weighted by atomic mass is 10.0. The number of nitrogens with zero attached hydrogens (tertiary/aromatic N) is 2. The third kappa shape index (κ3) is 3.45. The average Bonchev–Trinajstić information content (AvgIpc) is 3.00. The van der Waals surface area contributed by atoms with Gasteiger partial charge in [0.2, 0.25) is 11.8 Å². The zero-order valence-electron chi connectivity index (χ0n) is 15.7. The Labute approximate surface area is 153 Å². The second kappa shape index (κ2) is 7.23. The topological polar surface area (TPSA) is 63.0 Å². The van der Waals surface area contributed by atoms with Crippen molar-refractivity contribution in [3.8, 4) is 5.75 Å². The van der Waals surface area contributed by atoms with Crippen molar-refractivity contribution in [3.05, 3.63) is 35.6 Å². The Morgan fingerprint density at radius 3 is 2.38 bits per heavy atom. The highest BCUT2D eigenvalue weighted by molar-refractivity contribution is 5.97. The molecule has 26 heavy (non-hydrogen) atoms. The molecule has 0 spiro atoms. The van der Waals surface area contributed by atoms with E-state index in [1.54, 1.807) is 36.2 Å². The maximum atomic E-state index is 12.6. The van der Waals surface area contributed by atoms with Crippen LogP contribution < -0.4 is 4.74 Å². The van der Waals surface area contributed by atoms with Gasteiger partial charge >= 0.3 is 0 Å². The molecule has 2 amide bonds. The zero-order valence-corrected chi connectivity index (χ0v) is 15.7. The molecule has 1 saturated heterocycles. The van der Waals surface area contributed by atoms with Crippen LogP contribution in [-0.2, 0) is 9.59 Å². The van der Waals surface area contributed by atoms with E-state index in [0.29, 0.717) is 31.9 Å². The molecule has 0 N–H and O–H groups in total. The second-order valence-electron chi connectivity index (χ2n) is 6.63. The molecule has 0 saturated carbocycles. The molecule has 6 heteroatoms. The number of piperazine rings is 1. The number of fused-ring (bicyclic) bond motifs is 1. The number of aryl methyl sites for hydroxylation is 1. The van der Waals surface area contributed by atoms with E-state index in [-0.39, 0.29) is 11.8 Å². The molecule has 6 nitrogen and oxygen atoms in total. The molecule has 138 valence electrons. The number of ether oxygens (including phenoxy) is 1. The van der Waals surface area contributed by atoms with Crippen LogP contribution in [0.15, 0.2) is 28.9 Å². The summed E-state index contributed by atoms with van der Waals surface area (Å²) in [5.74, 6) is 0.684. The van der Waals surface area contributed by atoms with Crippen LogP contribution in [0.1, 0.15) is 25.0 Å². The van der Waals surface area contributed by atoms with Crippen molar-refractivity contribution in [1.29, 1.82) is 0 Å². The first-order valence-electron chi connectivity index (χ1n) is 8.69. The molecule has 0 atom stereocenters. The largest absolute Gasteiger partial charge is 0.496 e. The van der Waals surface area contributed by atoms with Gasteiger partial charge in [-0.05, 0) is 31.1 Å². The van der Waals surface area contributed by atoms with Gasteiger partial charge in [0, 0.05) is 56.2 Å². The minimum atomic E-state index is -0.0447. The molecule has 0 radical (unpaired) electrons. The van der Waals surface area contributed by atoms with E-state index in [1.807, 2.05) is 26.0 Å². The van der Waals surface area contributed by atoms with Gasteiger partial charge in [-0.2, -0.15) is 0 Å². The Balaban J connectivity index is 1.83. The maximum Gasteiger partial charge on any atom is 0.246 e. The van der Waals surface area contributed by atoms with Gasteiger partial charge < -0.3 is 19.0 Å². The quantitative estimate of drug-likeness (QED) is 0.794. The van der Waals surface area contributed by atoms with E-state index < -0.39 is 0 Å². The summed E-state index contributed by atoms with van der Waals surface area (Å²) < 4.78 is 11.0. The van der Waals surface area contributed by atoms with Crippen LogP contribution in [0, 0.1) is 6.92 Å². The third-order valence-corrected chi connectivity index (χ3v) is 4.89. The number of allylic oxidation sites excluding steroid dienone is 1. The summed E-state index contributed by atoms with van der Waals surface area (Å²) in [4.78, 5) is 27.6. The van der Waals surface area contributed by atoms with Crippen LogP contribution in [0.4, 0.5) is 0 Å². The van der Waals surface area contributed by atoms with Gasteiger partial charge in [0.1, 0.15) is 11.3 Å². The lowest BCUT2D eigenvalue weighted by Crippen LogP contribution is -2.49. The second-order valence-corrected chi connectivity index (χ2v) is 6.63. The molecule has 1 fully saturated rings. The summed E-state index contributed by atoms with van der Waals surface area (Å²) in [5.41, 5.74) is 3.52. The van der Waals surface area contributed by atoms with Crippen LogP contribution in [-0.4, -0.2) is 54.9 Å². The Bertz CT molecular complexity index is 873. The number of rotatable bonds is 3. The first kappa shape index (κ1) is 18.0.